The lowest BCUT2D eigenvalue weighted by atomic mass is 10.1. The number of aromatic nitrogens is 2. The number of anilines is 1. The van der Waals surface area contributed by atoms with E-state index in [4.69, 9.17) is 13.9 Å². The van der Waals surface area contributed by atoms with Gasteiger partial charge in [0.25, 0.3) is 5.69 Å². The van der Waals surface area contributed by atoms with E-state index in [1.54, 1.807) is 12.1 Å². The van der Waals surface area contributed by atoms with Crippen LogP contribution in [0, 0.1) is 10.1 Å². The fourth-order valence-corrected chi connectivity index (χ4v) is 4.96. The van der Waals surface area contributed by atoms with Crippen molar-refractivity contribution in [3.63, 3.8) is 0 Å². The number of aliphatic hydroxyl groups excluding tert-OH is 1. The number of nitrogens with zero attached hydrogens (tertiary/aromatic N) is 3. The number of ether oxygens (including phenoxy) is 2. The highest BCUT2D eigenvalue weighted by atomic mass is 28.4. The maximum atomic E-state index is 12.7. The normalized spacial score (nSPS) is 20.0. The Balaban J connectivity index is 1.56. The maximum Gasteiger partial charge on any atom is 0.412 e. The Kier molecular flexibility index (Phi) is 8.84. The minimum absolute atomic E-state index is 0.0169. The number of non-ortho nitro benzene ring substituents is 1. The highest BCUT2D eigenvalue weighted by Gasteiger charge is 2.45. The molecule has 202 valence electrons. The maximum absolute atomic E-state index is 12.7. The topological polar surface area (TPSA) is 155 Å². The second kappa shape index (κ2) is 11.5. The molecule has 1 aliphatic heterocycles. The van der Waals surface area contributed by atoms with Crippen molar-refractivity contribution in [3.8, 4) is 0 Å². The zero-order chi connectivity index (χ0) is 27.4. The molecule has 3 atom stereocenters. The zero-order valence-corrected chi connectivity index (χ0v) is 22.7. The van der Waals surface area contributed by atoms with Gasteiger partial charge in [-0.1, -0.05) is 32.9 Å². The highest BCUT2D eigenvalue weighted by molar-refractivity contribution is 6.74. The Morgan fingerprint density at radius 3 is 2.54 bits per heavy atom. The lowest BCUT2D eigenvalue weighted by molar-refractivity contribution is -0.384. The molecule has 2 heterocycles. The number of hydrogen-bond acceptors (Lipinski definition) is 9. The summed E-state index contributed by atoms with van der Waals surface area (Å²) in [4.78, 5) is 38.9. The van der Waals surface area contributed by atoms with E-state index in [0.29, 0.717) is 12.8 Å². The van der Waals surface area contributed by atoms with Gasteiger partial charge in [0.05, 0.1) is 24.2 Å². The van der Waals surface area contributed by atoms with Crippen LogP contribution in [0.2, 0.25) is 18.1 Å². The molecule has 0 aliphatic carbocycles. The van der Waals surface area contributed by atoms with Gasteiger partial charge in [0.1, 0.15) is 18.1 Å². The summed E-state index contributed by atoms with van der Waals surface area (Å²) in [6, 6.07) is 7.40. The highest BCUT2D eigenvalue weighted by Crippen LogP contribution is 2.40. The summed E-state index contributed by atoms with van der Waals surface area (Å²) in [6.07, 6.45) is -0.141. The van der Waals surface area contributed by atoms with Crippen molar-refractivity contribution in [2.75, 3.05) is 18.5 Å². The Morgan fingerprint density at radius 2 is 1.97 bits per heavy atom. The summed E-state index contributed by atoms with van der Waals surface area (Å²) in [6.45, 7) is 10.4. The number of aliphatic hydroxyl groups is 1. The summed E-state index contributed by atoms with van der Waals surface area (Å²) in [5.41, 5.74) is 0.128. The molecule has 0 saturated carbocycles. The molecule has 13 heteroatoms. The SMILES string of the molecule is CC(C)(C)[Si](C)(C)OC1C[C@H](n2ccc(NC(=O)OCCc3ccc([N+](=O)[O-])cc3)nc2=O)O[C@@H]1CO. The standard InChI is InChI=1S/C24H34N4O8Si/c1-24(2,3)37(4,5)36-18-14-21(35-19(18)15-29)27-12-10-20(25-22(27)30)26-23(31)34-13-11-16-6-8-17(9-7-16)28(32)33/h6-10,12,18-19,21,29H,11,13-15H2,1-5H3,(H,25,26,30,31)/t18?,19-,21-/m1/s1. The molecular weight excluding hydrogens is 500 g/mol. The van der Waals surface area contributed by atoms with Crippen molar-refractivity contribution in [3.05, 3.63) is 62.7 Å². The van der Waals surface area contributed by atoms with Gasteiger partial charge < -0.3 is 19.0 Å². The third-order valence-corrected chi connectivity index (χ3v) is 11.3. The molecule has 1 fully saturated rings. The number of carbonyl (C=O) groups is 1. The van der Waals surface area contributed by atoms with Crippen molar-refractivity contribution < 1.29 is 28.7 Å². The molecule has 1 amide bonds. The second-order valence-corrected chi connectivity index (χ2v) is 15.2. The van der Waals surface area contributed by atoms with Gasteiger partial charge >= 0.3 is 11.8 Å². The Hall–Kier alpha value is -3.13. The van der Waals surface area contributed by atoms with E-state index < -0.39 is 37.4 Å². The van der Waals surface area contributed by atoms with Crippen LogP contribution in [0.4, 0.5) is 16.3 Å². The summed E-state index contributed by atoms with van der Waals surface area (Å²) in [7, 11) is -2.12. The van der Waals surface area contributed by atoms with Gasteiger partial charge in [0.2, 0.25) is 0 Å². The molecule has 2 N–H and O–H groups in total. The molecule has 3 rings (SSSR count). The second-order valence-electron chi connectivity index (χ2n) is 10.4. The average Bonchev–Trinajstić information content (AvgIpc) is 3.20. The third-order valence-electron chi connectivity index (χ3n) is 6.75. The Labute approximate surface area is 215 Å². The molecule has 2 aromatic rings. The van der Waals surface area contributed by atoms with E-state index in [1.807, 2.05) is 0 Å². The molecule has 1 aliphatic rings. The molecule has 1 unspecified atom stereocenters. The lowest BCUT2D eigenvalue weighted by Crippen LogP contribution is -2.46. The fourth-order valence-electron chi connectivity index (χ4n) is 3.60. The van der Waals surface area contributed by atoms with Gasteiger partial charge in [0, 0.05) is 31.2 Å². The number of nitrogens with one attached hydrogen (secondary N) is 1. The number of hydrogen-bond donors (Lipinski definition) is 2. The molecule has 37 heavy (non-hydrogen) atoms. The molecule has 0 spiro atoms. The quantitative estimate of drug-likeness (QED) is 0.279. The van der Waals surface area contributed by atoms with Crippen LogP contribution in [-0.2, 0) is 20.3 Å². The zero-order valence-electron chi connectivity index (χ0n) is 21.7. The fraction of sp³-hybridized carbons (Fsp3) is 0.542. The van der Waals surface area contributed by atoms with Crippen molar-refractivity contribution in [2.24, 2.45) is 0 Å². The molecule has 0 radical (unpaired) electrons. The predicted molar refractivity (Wildman–Crippen MR) is 138 cm³/mol. The van der Waals surface area contributed by atoms with E-state index in [9.17, 15) is 24.8 Å². The van der Waals surface area contributed by atoms with Gasteiger partial charge in [-0.2, -0.15) is 4.98 Å². The smallest absolute Gasteiger partial charge is 0.412 e. The first-order valence-corrected chi connectivity index (χ1v) is 14.9. The van der Waals surface area contributed by atoms with Crippen LogP contribution < -0.4 is 11.0 Å². The van der Waals surface area contributed by atoms with Gasteiger partial charge in [-0.15, -0.1) is 0 Å². The molecule has 1 saturated heterocycles. The van der Waals surface area contributed by atoms with Crippen LogP contribution in [-0.4, -0.2) is 59.4 Å². The number of carbonyl (C=O) groups excluding carboxylic acids is 1. The van der Waals surface area contributed by atoms with E-state index in [2.05, 4.69) is 44.2 Å². The number of benzene rings is 1. The van der Waals surface area contributed by atoms with Crippen molar-refractivity contribution in [2.45, 2.75) is 70.2 Å². The molecule has 12 nitrogen and oxygen atoms in total. The van der Waals surface area contributed by atoms with E-state index in [-0.39, 0.29) is 35.9 Å². The largest absolute Gasteiger partial charge is 0.449 e. The predicted octanol–water partition coefficient (Wildman–Crippen LogP) is 3.61. The first-order chi connectivity index (χ1) is 17.3. The minimum Gasteiger partial charge on any atom is -0.449 e. The van der Waals surface area contributed by atoms with Crippen LogP contribution >= 0.6 is 0 Å². The third kappa shape index (κ3) is 7.22. The lowest BCUT2D eigenvalue weighted by Gasteiger charge is -2.39. The summed E-state index contributed by atoms with van der Waals surface area (Å²) >= 11 is 0. The van der Waals surface area contributed by atoms with Crippen molar-refractivity contribution in [1.82, 2.24) is 9.55 Å². The van der Waals surface area contributed by atoms with Crippen LogP contribution in [0.15, 0.2) is 41.3 Å². The number of rotatable bonds is 9. The minimum atomic E-state index is -2.12. The van der Waals surface area contributed by atoms with Crippen LogP contribution in [0.25, 0.3) is 0 Å². The van der Waals surface area contributed by atoms with Crippen LogP contribution in [0.3, 0.4) is 0 Å². The van der Waals surface area contributed by atoms with Gasteiger partial charge in [-0.05, 0) is 29.8 Å². The molecule has 0 bridgehead atoms. The number of nitro groups is 1. The van der Waals surface area contributed by atoms with Gasteiger partial charge in [0.15, 0.2) is 8.32 Å². The molecule has 1 aromatic carbocycles. The van der Waals surface area contributed by atoms with E-state index >= 15 is 0 Å². The molecule has 1 aromatic heterocycles. The number of nitro benzene ring substituents is 1. The first-order valence-electron chi connectivity index (χ1n) is 12.0. The summed E-state index contributed by atoms with van der Waals surface area (Å²) < 4.78 is 18.8. The average molecular weight is 535 g/mol. The van der Waals surface area contributed by atoms with Crippen LogP contribution in [0.1, 0.15) is 39.0 Å². The monoisotopic (exact) mass is 534 g/mol. The molecular formula is C24H34N4O8Si. The summed E-state index contributed by atoms with van der Waals surface area (Å²) in [5.74, 6) is 0.0207. The number of amides is 1. The summed E-state index contributed by atoms with van der Waals surface area (Å²) in [5, 5.41) is 22.9. The van der Waals surface area contributed by atoms with E-state index in [0.717, 1.165) is 5.56 Å². The Morgan fingerprint density at radius 1 is 1.30 bits per heavy atom. The first kappa shape index (κ1) is 28.4. The Bertz CT molecular complexity index is 1160. The van der Waals surface area contributed by atoms with Gasteiger partial charge in [-0.25, -0.2) is 9.59 Å². The van der Waals surface area contributed by atoms with Crippen molar-refractivity contribution in [1.29, 1.82) is 0 Å². The van der Waals surface area contributed by atoms with Gasteiger partial charge in [-0.3, -0.25) is 20.0 Å². The van der Waals surface area contributed by atoms with Crippen LogP contribution in [0.5, 0.6) is 0 Å². The van der Waals surface area contributed by atoms with E-state index in [1.165, 1.54) is 29.0 Å². The van der Waals surface area contributed by atoms with Crippen molar-refractivity contribution >= 4 is 25.9 Å².